The van der Waals surface area contributed by atoms with Crippen LogP contribution in [0.25, 0.3) is 0 Å². The highest BCUT2D eigenvalue weighted by Gasteiger charge is 2.23. The molecule has 0 fully saturated rings. The first-order chi connectivity index (χ1) is 14.7. The highest BCUT2D eigenvalue weighted by atomic mass is 32.2. The van der Waals surface area contributed by atoms with Gasteiger partial charge >= 0.3 is 0 Å². The lowest BCUT2D eigenvalue weighted by Crippen LogP contribution is -2.08. The van der Waals surface area contributed by atoms with E-state index in [1.807, 2.05) is 32.0 Å². The summed E-state index contributed by atoms with van der Waals surface area (Å²) in [5, 5.41) is 0. The molecule has 3 aromatic rings. The Labute approximate surface area is 183 Å². The summed E-state index contributed by atoms with van der Waals surface area (Å²) in [6.45, 7) is 5.48. The topological polar surface area (TPSA) is 69.7 Å². The molecule has 0 radical (unpaired) electrons. The van der Waals surface area contributed by atoms with Gasteiger partial charge in [-0.2, -0.15) is 0 Å². The van der Waals surface area contributed by atoms with Gasteiger partial charge in [-0.15, -0.1) is 0 Å². The number of aryl methyl sites for hydroxylation is 2. The Kier molecular flexibility index (Phi) is 6.81. The van der Waals surface area contributed by atoms with Crippen molar-refractivity contribution in [2.45, 2.75) is 37.0 Å². The molecule has 0 aliphatic carbocycles. The van der Waals surface area contributed by atoms with E-state index < -0.39 is 9.84 Å². The maximum absolute atomic E-state index is 13.2. The summed E-state index contributed by atoms with van der Waals surface area (Å²) in [5.41, 5.74) is 3.98. The second kappa shape index (κ2) is 9.35. The molecule has 0 amide bonds. The molecule has 0 bridgehead atoms. The van der Waals surface area contributed by atoms with E-state index in [-0.39, 0.29) is 22.2 Å². The SMILES string of the molecule is COc1ccc(Cc2c(C)cc(OCC(C)=O)cc2C)cc1S(=O)(=O)c1ccccc1. The third-order valence-electron chi connectivity index (χ3n) is 5.06. The highest BCUT2D eigenvalue weighted by Crippen LogP contribution is 2.32. The summed E-state index contributed by atoms with van der Waals surface area (Å²) in [6.07, 6.45) is 0.561. The van der Waals surface area contributed by atoms with E-state index in [0.29, 0.717) is 17.9 Å². The maximum atomic E-state index is 13.2. The minimum atomic E-state index is -3.72. The molecule has 3 aromatic carbocycles. The summed E-state index contributed by atoms with van der Waals surface area (Å²) < 4.78 is 37.3. The van der Waals surface area contributed by atoms with Gasteiger partial charge in [-0.25, -0.2) is 8.42 Å². The highest BCUT2D eigenvalue weighted by molar-refractivity contribution is 7.91. The first-order valence-electron chi connectivity index (χ1n) is 9.91. The second-order valence-corrected chi connectivity index (χ2v) is 9.42. The second-order valence-electron chi connectivity index (χ2n) is 7.50. The number of sulfone groups is 1. The zero-order chi connectivity index (χ0) is 22.6. The largest absolute Gasteiger partial charge is 0.495 e. The number of hydrogen-bond acceptors (Lipinski definition) is 5. The van der Waals surface area contributed by atoms with Gasteiger partial charge in [-0.05, 0) is 85.8 Å². The number of rotatable bonds is 8. The van der Waals surface area contributed by atoms with Crippen LogP contribution < -0.4 is 9.47 Å². The number of ketones is 1. The fourth-order valence-corrected chi connectivity index (χ4v) is 4.96. The number of Topliss-reactive ketones (excluding diaryl/α,β-unsaturated/α-hetero) is 1. The van der Waals surface area contributed by atoms with E-state index in [1.165, 1.54) is 14.0 Å². The van der Waals surface area contributed by atoms with Gasteiger partial charge in [-0.3, -0.25) is 4.79 Å². The predicted octanol–water partition coefficient (Wildman–Crippen LogP) is 4.70. The van der Waals surface area contributed by atoms with E-state index >= 15 is 0 Å². The molecule has 0 saturated heterocycles. The molecule has 0 saturated carbocycles. The molecule has 0 aromatic heterocycles. The van der Waals surface area contributed by atoms with E-state index in [2.05, 4.69) is 0 Å². The van der Waals surface area contributed by atoms with Crippen LogP contribution in [0, 0.1) is 13.8 Å². The lowest BCUT2D eigenvalue weighted by Gasteiger charge is -2.15. The smallest absolute Gasteiger partial charge is 0.210 e. The molecule has 0 aliphatic rings. The van der Waals surface area contributed by atoms with Gasteiger partial charge in [0, 0.05) is 0 Å². The molecule has 0 spiro atoms. The lowest BCUT2D eigenvalue weighted by molar-refractivity contribution is -0.118. The van der Waals surface area contributed by atoms with Crippen LogP contribution in [0.4, 0.5) is 0 Å². The fourth-order valence-electron chi connectivity index (χ4n) is 3.47. The molecular weight excluding hydrogens is 412 g/mol. The number of carbonyl (C=O) groups excluding carboxylic acids is 1. The van der Waals surface area contributed by atoms with Gasteiger partial charge in [0.05, 0.1) is 12.0 Å². The average Bonchev–Trinajstić information content (AvgIpc) is 2.75. The molecule has 6 heteroatoms. The van der Waals surface area contributed by atoms with Crippen LogP contribution in [-0.2, 0) is 21.1 Å². The number of carbonyl (C=O) groups is 1. The zero-order valence-corrected chi connectivity index (χ0v) is 19.0. The third-order valence-corrected chi connectivity index (χ3v) is 6.85. The predicted molar refractivity (Wildman–Crippen MR) is 120 cm³/mol. The molecular formula is C25H26O5S. The van der Waals surface area contributed by atoms with Crippen molar-refractivity contribution < 1.29 is 22.7 Å². The Morgan fingerprint density at radius 1 is 0.935 bits per heavy atom. The summed E-state index contributed by atoms with van der Waals surface area (Å²) >= 11 is 0. The maximum Gasteiger partial charge on any atom is 0.210 e. The first-order valence-corrected chi connectivity index (χ1v) is 11.4. The quantitative estimate of drug-likeness (QED) is 0.510. The van der Waals surface area contributed by atoms with E-state index in [9.17, 15) is 13.2 Å². The molecule has 5 nitrogen and oxygen atoms in total. The Hall–Kier alpha value is -3.12. The van der Waals surface area contributed by atoms with E-state index in [0.717, 1.165) is 22.3 Å². The van der Waals surface area contributed by atoms with Crippen molar-refractivity contribution in [2.75, 3.05) is 13.7 Å². The van der Waals surface area contributed by atoms with Gasteiger partial charge in [0.25, 0.3) is 0 Å². The molecule has 162 valence electrons. The van der Waals surface area contributed by atoms with Crippen LogP contribution in [0.1, 0.15) is 29.2 Å². The zero-order valence-electron chi connectivity index (χ0n) is 18.1. The number of methoxy groups -OCH3 is 1. The van der Waals surface area contributed by atoms with Crippen molar-refractivity contribution in [1.29, 1.82) is 0 Å². The molecule has 31 heavy (non-hydrogen) atoms. The summed E-state index contributed by atoms with van der Waals surface area (Å²) in [4.78, 5) is 11.6. The van der Waals surface area contributed by atoms with Crippen LogP contribution in [0.5, 0.6) is 11.5 Å². The van der Waals surface area contributed by atoms with Crippen molar-refractivity contribution in [3.63, 3.8) is 0 Å². The van der Waals surface area contributed by atoms with E-state index in [4.69, 9.17) is 9.47 Å². The standard InChI is InChI=1S/C25H26O5S/c1-17-12-21(30-16-19(3)26)13-18(2)23(17)14-20-10-11-24(29-4)25(15-20)31(27,28)22-8-6-5-7-9-22/h5-13,15H,14,16H2,1-4H3. The van der Waals surface area contributed by atoms with Gasteiger partial charge < -0.3 is 9.47 Å². The van der Waals surface area contributed by atoms with Crippen LogP contribution >= 0.6 is 0 Å². The van der Waals surface area contributed by atoms with Crippen LogP contribution in [-0.4, -0.2) is 27.9 Å². The lowest BCUT2D eigenvalue weighted by atomic mass is 9.95. The van der Waals surface area contributed by atoms with Gasteiger partial charge in [0.2, 0.25) is 9.84 Å². The number of ether oxygens (including phenoxy) is 2. The monoisotopic (exact) mass is 438 g/mol. The summed E-state index contributed by atoms with van der Waals surface area (Å²) in [7, 11) is -2.25. The first kappa shape index (κ1) is 22.6. The minimum Gasteiger partial charge on any atom is -0.495 e. The molecule has 0 unspecified atom stereocenters. The number of benzene rings is 3. The summed E-state index contributed by atoms with van der Waals surface area (Å²) in [6, 6.07) is 17.4. The number of hydrogen-bond donors (Lipinski definition) is 0. The fraction of sp³-hybridized carbons (Fsp3) is 0.240. The van der Waals surface area contributed by atoms with Crippen LogP contribution in [0.3, 0.4) is 0 Å². The Bertz CT molecular complexity index is 1170. The Balaban J connectivity index is 1.97. The van der Waals surface area contributed by atoms with E-state index in [1.54, 1.807) is 42.5 Å². The van der Waals surface area contributed by atoms with Gasteiger partial charge in [0.1, 0.15) is 23.0 Å². The van der Waals surface area contributed by atoms with Crippen LogP contribution in [0.15, 0.2) is 70.5 Å². The third kappa shape index (κ3) is 5.14. The van der Waals surface area contributed by atoms with Crippen molar-refractivity contribution in [2.24, 2.45) is 0 Å². The van der Waals surface area contributed by atoms with Crippen molar-refractivity contribution >= 4 is 15.6 Å². The summed E-state index contributed by atoms with van der Waals surface area (Å²) in [5.74, 6) is 0.926. The van der Waals surface area contributed by atoms with Gasteiger partial charge in [0.15, 0.2) is 5.78 Å². The molecule has 0 N–H and O–H groups in total. The van der Waals surface area contributed by atoms with Crippen molar-refractivity contribution in [1.82, 2.24) is 0 Å². The average molecular weight is 439 g/mol. The normalized spacial score (nSPS) is 11.2. The van der Waals surface area contributed by atoms with Crippen molar-refractivity contribution in [3.8, 4) is 11.5 Å². The molecule has 0 aliphatic heterocycles. The molecule has 0 heterocycles. The Morgan fingerprint density at radius 3 is 2.16 bits per heavy atom. The van der Waals surface area contributed by atoms with Crippen LogP contribution in [0.2, 0.25) is 0 Å². The minimum absolute atomic E-state index is 0.0372. The Morgan fingerprint density at radius 2 is 1.58 bits per heavy atom. The molecule has 0 atom stereocenters. The van der Waals surface area contributed by atoms with Gasteiger partial charge in [-0.1, -0.05) is 24.3 Å². The molecule has 3 rings (SSSR count). The van der Waals surface area contributed by atoms with Crippen molar-refractivity contribution in [3.05, 3.63) is 82.9 Å².